The van der Waals surface area contributed by atoms with E-state index < -0.39 is 0 Å². The maximum absolute atomic E-state index is 5.81. The van der Waals surface area contributed by atoms with Crippen LogP contribution in [0.25, 0.3) is 0 Å². The number of anilines is 1. The van der Waals surface area contributed by atoms with Crippen LogP contribution < -0.4 is 11.1 Å². The van der Waals surface area contributed by atoms with Gasteiger partial charge in [0.15, 0.2) is 0 Å². The van der Waals surface area contributed by atoms with Gasteiger partial charge in [0.25, 0.3) is 0 Å². The van der Waals surface area contributed by atoms with Gasteiger partial charge in [-0.2, -0.15) is 0 Å². The molecule has 0 fully saturated rings. The Morgan fingerprint density at radius 2 is 1.65 bits per heavy atom. The van der Waals surface area contributed by atoms with Crippen LogP contribution >= 0.6 is 12.2 Å². The summed E-state index contributed by atoms with van der Waals surface area (Å²) in [6.07, 6.45) is 0. The molecule has 0 saturated carbocycles. The van der Waals surface area contributed by atoms with Crippen LogP contribution in [0.3, 0.4) is 0 Å². The maximum atomic E-state index is 5.81. The topological polar surface area (TPSA) is 38.0 Å². The van der Waals surface area contributed by atoms with Crippen LogP contribution in [0.5, 0.6) is 0 Å². The van der Waals surface area contributed by atoms with Gasteiger partial charge < -0.3 is 11.1 Å². The molecule has 1 unspecified atom stereocenters. The van der Waals surface area contributed by atoms with Gasteiger partial charge in [0.2, 0.25) is 0 Å². The molecule has 2 nitrogen and oxygen atoms in total. The van der Waals surface area contributed by atoms with E-state index in [0.717, 1.165) is 16.8 Å². The second kappa shape index (κ2) is 6.06. The molecule has 0 saturated heterocycles. The van der Waals surface area contributed by atoms with Crippen molar-refractivity contribution in [2.45, 2.75) is 26.8 Å². The van der Waals surface area contributed by atoms with Gasteiger partial charge in [-0.1, -0.05) is 53.7 Å². The number of benzene rings is 2. The minimum absolute atomic E-state index is 0.200. The molecule has 20 heavy (non-hydrogen) atoms. The zero-order valence-corrected chi connectivity index (χ0v) is 12.9. The molecule has 2 aromatic rings. The standard InChI is InChI=1S/C17H20N2S/c1-11-4-7-14(8-5-11)13(3)19-16-9-6-12(2)10-15(16)17(18)20/h4-10,13,19H,1-3H3,(H2,18,20). The van der Waals surface area contributed by atoms with E-state index in [0.29, 0.717) is 4.99 Å². The Balaban J connectivity index is 2.25. The van der Waals surface area contributed by atoms with E-state index in [-0.39, 0.29) is 6.04 Å². The molecule has 3 heteroatoms. The largest absolute Gasteiger partial charge is 0.389 e. The Hall–Kier alpha value is -1.87. The third kappa shape index (κ3) is 3.36. The monoisotopic (exact) mass is 284 g/mol. The Morgan fingerprint density at radius 3 is 2.25 bits per heavy atom. The molecule has 0 bridgehead atoms. The summed E-state index contributed by atoms with van der Waals surface area (Å²) < 4.78 is 0. The lowest BCUT2D eigenvalue weighted by molar-refractivity contribution is 0.883. The summed E-state index contributed by atoms with van der Waals surface area (Å²) in [6.45, 7) is 6.26. The van der Waals surface area contributed by atoms with Crippen molar-refractivity contribution < 1.29 is 0 Å². The third-order valence-electron chi connectivity index (χ3n) is 3.39. The number of hydrogen-bond donors (Lipinski definition) is 2. The molecule has 104 valence electrons. The van der Waals surface area contributed by atoms with E-state index in [4.69, 9.17) is 18.0 Å². The lowest BCUT2D eigenvalue weighted by Crippen LogP contribution is -2.15. The molecule has 3 N–H and O–H groups in total. The van der Waals surface area contributed by atoms with E-state index in [1.165, 1.54) is 11.1 Å². The van der Waals surface area contributed by atoms with Gasteiger partial charge in [-0.15, -0.1) is 0 Å². The van der Waals surface area contributed by atoms with Crippen LogP contribution in [0.15, 0.2) is 42.5 Å². The molecule has 0 amide bonds. The summed E-state index contributed by atoms with van der Waals surface area (Å²) in [5.74, 6) is 0. The van der Waals surface area contributed by atoms with E-state index in [2.05, 4.69) is 49.5 Å². The van der Waals surface area contributed by atoms with Gasteiger partial charge in [-0.05, 0) is 38.5 Å². The van der Waals surface area contributed by atoms with Crippen molar-refractivity contribution in [1.29, 1.82) is 0 Å². The fourth-order valence-corrected chi connectivity index (χ4v) is 2.33. The number of hydrogen-bond acceptors (Lipinski definition) is 2. The number of rotatable bonds is 4. The van der Waals surface area contributed by atoms with Crippen LogP contribution in [0.1, 0.15) is 35.2 Å². The normalized spacial score (nSPS) is 11.9. The van der Waals surface area contributed by atoms with Gasteiger partial charge in [0, 0.05) is 17.3 Å². The Labute approximate surface area is 126 Å². The number of nitrogens with one attached hydrogen (secondary N) is 1. The highest BCUT2D eigenvalue weighted by atomic mass is 32.1. The molecule has 0 radical (unpaired) electrons. The highest BCUT2D eigenvalue weighted by Crippen LogP contribution is 2.23. The summed E-state index contributed by atoms with van der Waals surface area (Å²) in [4.78, 5) is 0.423. The molecule has 0 aliphatic heterocycles. The van der Waals surface area contributed by atoms with Crippen LogP contribution in [0.4, 0.5) is 5.69 Å². The molecule has 0 aromatic heterocycles. The molecular formula is C17H20N2S. The fraction of sp³-hybridized carbons (Fsp3) is 0.235. The molecule has 0 spiro atoms. The Kier molecular flexibility index (Phi) is 4.40. The predicted octanol–water partition coefficient (Wildman–Crippen LogP) is 4.11. The zero-order valence-electron chi connectivity index (χ0n) is 12.1. The maximum Gasteiger partial charge on any atom is 0.106 e. The van der Waals surface area contributed by atoms with Gasteiger partial charge in [0.05, 0.1) is 0 Å². The van der Waals surface area contributed by atoms with Crippen molar-refractivity contribution in [1.82, 2.24) is 0 Å². The lowest BCUT2D eigenvalue weighted by atomic mass is 10.0. The van der Waals surface area contributed by atoms with E-state index >= 15 is 0 Å². The number of nitrogens with two attached hydrogens (primary N) is 1. The van der Waals surface area contributed by atoms with Gasteiger partial charge >= 0.3 is 0 Å². The van der Waals surface area contributed by atoms with Crippen molar-refractivity contribution >= 4 is 22.9 Å². The Bertz CT molecular complexity index is 617. The van der Waals surface area contributed by atoms with Gasteiger partial charge in [-0.25, -0.2) is 0 Å². The smallest absolute Gasteiger partial charge is 0.106 e. The third-order valence-corrected chi connectivity index (χ3v) is 3.61. The highest BCUT2D eigenvalue weighted by molar-refractivity contribution is 7.80. The fourth-order valence-electron chi connectivity index (χ4n) is 2.16. The molecule has 2 aromatic carbocycles. The van der Waals surface area contributed by atoms with Gasteiger partial charge in [-0.3, -0.25) is 0 Å². The first-order valence-electron chi connectivity index (χ1n) is 6.71. The summed E-state index contributed by atoms with van der Waals surface area (Å²) >= 11 is 5.13. The predicted molar refractivity (Wildman–Crippen MR) is 90.3 cm³/mol. The first-order valence-corrected chi connectivity index (χ1v) is 7.12. The van der Waals surface area contributed by atoms with E-state index in [1.807, 2.05) is 19.1 Å². The van der Waals surface area contributed by atoms with Crippen molar-refractivity contribution in [2.75, 3.05) is 5.32 Å². The van der Waals surface area contributed by atoms with Crippen LogP contribution in [-0.2, 0) is 0 Å². The van der Waals surface area contributed by atoms with Crippen LogP contribution in [0, 0.1) is 13.8 Å². The average molecular weight is 284 g/mol. The van der Waals surface area contributed by atoms with E-state index in [1.54, 1.807) is 0 Å². The summed E-state index contributed by atoms with van der Waals surface area (Å²) in [5, 5.41) is 3.49. The Morgan fingerprint density at radius 1 is 1.05 bits per heavy atom. The second-order valence-corrected chi connectivity index (χ2v) is 5.63. The highest BCUT2D eigenvalue weighted by Gasteiger charge is 2.10. The molecule has 1 atom stereocenters. The summed E-state index contributed by atoms with van der Waals surface area (Å²) in [7, 11) is 0. The molecule has 2 rings (SSSR count). The van der Waals surface area contributed by atoms with Crippen molar-refractivity contribution in [3.63, 3.8) is 0 Å². The summed E-state index contributed by atoms with van der Waals surface area (Å²) in [5.41, 5.74) is 11.4. The number of aryl methyl sites for hydroxylation is 2. The first-order chi connectivity index (χ1) is 9.47. The SMILES string of the molecule is Cc1ccc(C(C)Nc2ccc(C)cc2C(N)=S)cc1. The molecular weight excluding hydrogens is 264 g/mol. The molecule has 0 aliphatic carbocycles. The minimum atomic E-state index is 0.200. The van der Waals surface area contributed by atoms with Gasteiger partial charge in [0.1, 0.15) is 4.99 Å². The molecule has 0 aliphatic rings. The minimum Gasteiger partial charge on any atom is -0.389 e. The average Bonchev–Trinajstić information content (AvgIpc) is 2.41. The van der Waals surface area contributed by atoms with Crippen molar-refractivity contribution in [3.05, 3.63) is 64.7 Å². The van der Waals surface area contributed by atoms with Crippen molar-refractivity contribution in [2.24, 2.45) is 5.73 Å². The van der Waals surface area contributed by atoms with Crippen LogP contribution in [0.2, 0.25) is 0 Å². The van der Waals surface area contributed by atoms with Crippen LogP contribution in [-0.4, -0.2) is 4.99 Å². The number of thiocarbonyl (C=S) groups is 1. The zero-order chi connectivity index (χ0) is 14.7. The quantitative estimate of drug-likeness (QED) is 0.830. The van der Waals surface area contributed by atoms with E-state index in [9.17, 15) is 0 Å². The molecule has 0 heterocycles. The lowest BCUT2D eigenvalue weighted by Gasteiger charge is -2.19. The second-order valence-electron chi connectivity index (χ2n) is 5.19. The summed E-state index contributed by atoms with van der Waals surface area (Å²) in [6, 6.07) is 14.8. The first kappa shape index (κ1) is 14.5. The van der Waals surface area contributed by atoms with Crippen molar-refractivity contribution in [3.8, 4) is 0 Å².